The average Bonchev–Trinajstić information content (AvgIpc) is 2.58. The summed E-state index contributed by atoms with van der Waals surface area (Å²) >= 11 is 0. The molecule has 1 aliphatic heterocycles. The first-order chi connectivity index (χ1) is 5.47. The van der Waals surface area contributed by atoms with Crippen LogP contribution in [-0.4, -0.2) is 6.54 Å². The zero-order chi connectivity index (χ0) is 7.52. The maximum absolute atomic E-state index is 3.33. The van der Waals surface area contributed by atoms with Gasteiger partial charge < -0.3 is 5.32 Å². The predicted octanol–water partition coefficient (Wildman–Crippen LogP) is 2.02. The van der Waals surface area contributed by atoms with Crippen LogP contribution in [0.25, 0.3) is 5.70 Å². The van der Waals surface area contributed by atoms with E-state index in [-0.39, 0.29) is 0 Å². The Labute approximate surface area is 66.7 Å². The molecule has 0 amide bonds. The van der Waals surface area contributed by atoms with E-state index in [9.17, 15) is 0 Å². The normalized spacial score (nSPS) is 15.8. The Morgan fingerprint density at radius 3 is 2.55 bits per heavy atom. The van der Waals surface area contributed by atoms with Crippen molar-refractivity contribution in [2.45, 2.75) is 6.42 Å². The third-order valence-corrected chi connectivity index (χ3v) is 1.89. The van der Waals surface area contributed by atoms with Gasteiger partial charge in [0.25, 0.3) is 0 Å². The van der Waals surface area contributed by atoms with Crippen LogP contribution in [0.5, 0.6) is 0 Å². The van der Waals surface area contributed by atoms with Crippen molar-refractivity contribution in [1.82, 2.24) is 5.32 Å². The number of hydrogen-bond acceptors (Lipinski definition) is 1. The van der Waals surface area contributed by atoms with E-state index >= 15 is 0 Å². The van der Waals surface area contributed by atoms with Crippen LogP contribution in [-0.2, 0) is 0 Å². The van der Waals surface area contributed by atoms with Crippen molar-refractivity contribution in [3.05, 3.63) is 42.0 Å². The Hall–Kier alpha value is -1.24. The topological polar surface area (TPSA) is 12.0 Å². The summed E-state index contributed by atoms with van der Waals surface area (Å²) in [4.78, 5) is 0. The fourth-order valence-corrected chi connectivity index (χ4v) is 1.33. The lowest BCUT2D eigenvalue weighted by atomic mass is 10.2. The molecule has 0 saturated heterocycles. The standard InChI is InChI=1S/C10H11N/c1-2-5-9(6-3-1)10-7-4-8-11-10/h1-3,5-7,11H,4,8H2. The molecule has 1 aromatic rings. The highest BCUT2D eigenvalue weighted by molar-refractivity contribution is 5.65. The molecular weight excluding hydrogens is 134 g/mol. The van der Waals surface area contributed by atoms with Crippen LogP contribution in [0.4, 0.5) is 0 Å². The molecule has 1 aliphatic rings. The number of benzene rings is 1. The van der Waals surface area contributed by atoms with Gasteiger partial charge in [0.05, 0.1) is 0 Å². The second-order valence-corrected chi connectivity index (χ2v) is 2.70. The molecule has 1 aromatic carbocycles. The van der Waals surface area contributed by atoms with Crippen LogP contribution in [0, 0.1) is 0 Å². The Balaban J connectivity index is 2.29. The van der Waals surface area contributed by atoms with E-state index in [0.29, 0.717) is 0 Å². The highest BCUT2D eigenvalue weighted by Crippen LogP contribution is 2.14. The molecule has 11 heavy (non-hydrogen) atoms. The van der Waals surface area contributed by atoms with Gasteiger partial charge in [0.2, 0.25) is 0 Å². The lowest BCUT2D eigenvalue weighted by molar-refractivity contribution is 0.928. The summed E-state index contributed by atoms with van der Waals surface area (Å²) in [7, 11) is 0. The SMILES string of the molecule is C1=C(c2ccccc2)NCC1. The van der Waals surface area contributed by atoms with Crippen LogP contribution < -0.4 is 5.32 Å². The summed E-state index contributed by atoms with van der Waals surface area (Å²) in [5.74, 6) is 0. The van der Waals surface area contributed by atoms with E-state index in [1.165, 1.54) is 11.3 Å². The summed E-state index contributed by atoms with van der Waals surface area (Å²) in [5, 5.41) is 3.33. The van der Waals surface area contributed by atoms with Gasteiger partial charge in [-0.25, -0.2) is 0 Å². The second kappa shape index (κ2) is 2.79. The van der Waals surface area contributed by atoms with Gasteiger partial charge in [-0.1, -0.05) is 36.4 Å². The van der Waals surface area contributed by atoms with Crippen LogP contribution >= 0.6 is 0 Å². The molecular formula is C10H11N. The monoisotopic (exact) mass is 145 g/mol. The molecule has 0 bridgehead atoms. The van der Waals surface area contributed by atoms with E-state index in [2.05, 4.69) is 35.7 Å². The maximum atomic E-state index is 3.33. The molecule has 0 atom stereocenters. The minimum absolute atomic E-state index is 1.09. The van der Waals surface area contributed by atoms with E-state index in [1.807, 2.05) is 6.07 Å². The molecule has 0 radical (unpaired) electrons. The fourth-order valence-electron chi connectivity index (χ4n) is 1.33. The highest BCUT2D eigenvalue weighted by atomic mass is 14.9. The molecule has 1 heterocycles. The van der Waals surface area contributed by atoms with Gasteiger partial charge in [0.15, 0.2) is 0 Å². The molecule has 0 aromatic heterocycles. The Kier molecular flexibility index (Phi) is 1.64. The van der Waals surface area contributed by atoms with Crippen molar-refractivity contribution in [2.75, 3.05) is 6.54 Å². The first-order valence-electron chi connectivity index (χ1n) is 3.96. The summed E-state index contributed by atoms with van der Waals surface area (Å²) in [6, 6.07) is 10.4. The molecule has 2 rings (SSSR count). The third kappa shape index (κ3) is 1.27. The molecule has 0 saturated carbocycles. The van der Waals surface area contributed by atoms with E-state index < -0.39 is 0 Å². The predicted molar refractivity (Wildman–Crippen MR) is 47.0 cm³/mol. The van der Waals surface area contributed by atoms with E-state index in [1.54, 1.807) is 0 Å². The summed E-state index contributed by atoms with van der Waals surface area (Å²) < 4.78 is 0. The van der Waals surface area contributed by atoms with Crippen LogP contribution in [0.1, 0.15) is 12.0 Å². The molecule has 0 spiro atoms. The Morgan fingerprint density at radius 1 is 1.09 bits per heavy atom. The van der Waals surface area contributed by atoms with Crippen molar-refractivity contribution >= 4 is 5.70 Å². The van der Waals surface area contributed by atoms with Gasteiger partial charge in [0, 0.05) is 12.2 Å². The van der Waals surface area contributed by atoms with E-state index in [4.69, 9.17) is 0 Å². The minimum Gasteiger partial charge on any atom is -0.385 e. The minimum atomic E-state index is 1.09. The molecule has 0 fully saturated rings. The summed E-state index contributed by atoms with van der Waals surface area (Å²) in [5.41, 5.74) is 2.58. The zero-order valence-electron chi connectivity index (χ0n) is 6.38. The fraction of sp³-hybridized carbons (Fsp3) is 0.200. The van der Waals surface area contributed by atoms with Crippen LogP contribution in [0.3, 0.4) is 0 Å². The van der Waals surface area contributed by atoms with Crippen molar-refractivity contribution in [3.8, 4) is 0 Å². The summed E-state index contributed by atoms with van der Waals surface area (Å²) in [6.45, 7) is 1.09. The highest BCUT2D eigenvalue weighted by Gasteiger charge is 2.03. The smallest absolute Gasteiger partial charge is 0.0374 e. The summed E-state index contributed by atoms with van der Waals surface area (Å²) in [6.07, 6.45) is 3.40. The lowest BCUT2D eigenvalue weighted by Gasteiger charge is -2.02. The first-order valence-corrected chi connectivity index (χ1v) is 3.96. The molecule has 1 N–H and O–H groups in total. The quantitative estimate of drug-likeness (QED) is 0.637. The maximum Gasteiger partial charge on any atom is 0.0374 e. The van der Waals surface area contributed by atoms with Crippen molar-refractivity contribution < 1.29 is 0 Å². The van der Waals surface area contributed by atoms with Crippen LogP contribution in [0.2, 0.25) is 0 Å². The number of hydrogen-bond donors (Lipinski definition) is 1. The average molecular weight is 145 g/mol. The molecule has 1 heteroatoms. The largest absolute Gasteiger partial charge is 0.385 e. The number of nitrogens with one attached hydrogen (secondary N) is 1. The lowest BCUT2D eigenvalue weighted by Crippen LogP contribution is -2.05. The van der Waals surface area contributed by atoms with Gasteiger partial charge in [0.1, 0.15) is 0 Å². The molecule has 56 valence electrons. The third-order valence-electron chi connectivity index (χ3n) is 1.89. The molecule has 1 nitrogen and oxygen atoms in total. The Bertz CT molecular complexity index is 261. The van der Waals surface area contributed by atoms with Crippen LogP contribution in [0.15, 0.2) is 36.4 Å². The Morgan fingerprint density at radius 2 is 1.91 bits per heavy atom. The van der Waals surface area contributed by atoms with Gasteiger partial charge in [-0.3, -0.25) is 0 Å². The first kappa shape index (κ1) is 6.47. The van der Waals surface area contributed by atoms with E-state index in [0.717, 1.165) is 13.0 Å². The zero-order valence-corrected chi connectivity index (χ0v) is 6.38. The van der Waals surface area contributed by atoms with Crippen molar-refractivity contribution in [2.24, 2.45) is 0 Å². The van der Waals surface area contributed by atoms with Gasteiger partial charge in [-0.05, 0) is 12.0 Å². The van der Waals surface area contributed by atoms with Gasteiger partial charge in [-0.2, -0.15) is 0 Å². The second-order valence-electron chi connectivity index (χ2n) is 2.70. The van der Waals surface area contributed by atoms with Gasteiger partial charge >= 0.3 is 0 Å². The van der Waals surface area contributed by atoms with Crippen molar-refractivity contribution in [3.63, 3.8) is 0 Å². The van der Waals surface area contributed by atoms with Gasteiger partial charge in [-0.15, -0.1) is 0 Å². The molecule has 0 unspecified atom stereocenters. The number of rotatable bonds is 1. The molecule has 0 aliphatic carbocycles. The van der Waals surface area contributed by atoms with Crippen molar-refractivity contribution in [1.29, 1.82) is 0 Å².